The van der Waals surface area contributed by atoms with Crippen molar-refractivity contribution in [3.63, 3.8) is 0 Å². The summed E-state index contributed by atoms with van der Waals surface area (Å²) in [6.45, 7) is 0. The molecule has 0 aliphatic heterocycles. The van der Waals surface area contributed by atoms with E-state index in [1.165, 1.54) is 30.7 Å². The molecule has 0 fully saturated rings. The van der Waals surface area contributed by atoms with Gasteiger partial charge in [0.05, 0.1) is 0 Å². The van der Waals surface area contributed by atoms with Gasteiger partial charge >= 0.3 is 202 Å². The predicted molar refractivity (Wildman–Crippen MR) is 140 cm³/mol. The van der Waals surface area contributed by atoms with Gasteiger partial charge in [-0.25, -0.2) is 0 Å². The number of hydrogen-bond donors (Lipinski definition) is 0. The number of hydrogen-bond acceptors (Lipinski definition) is 3. The molecule has 0 saturated carbocycles. The van der Waals surface area contributed by atoms with E-state index in [1.807, 2.05) is 24.3 Å². The maximum absolute atomic E-state index is 6.01. The van der Waals surface area contributed by atoms with E-state index in [0.29, 0.717) is 5.89 Å². The van der Waals surface area contributed by atoms with Crippen LogP contribution in [0.2, 0.25) is 0 Å². The van der Waals surface area contributed by atoms with Crippen molar-refractivity contribution in [2.24, 2.45) is 0 Å². The Balaban J connectivity index is 1.35. The van der Waals surface area contributed by atoms with Crippen LogP contribution in [0.4, 0.5) is 0 Å². The van der Waals surface area contributed by atoms with Crippen molar-refractivity contribution >= 4 is 46.2 Å². The fourth-order valence-corrected chi connectivity index (χ4v) is 6.72. The molecule has 5 aromatic carbocycles. The Morgan fingerprint density at radius 3 is 2.24 bits per heavy atom. The number of aromatic nitrogens is 2. The SMILES string of the molecule is c1ccc(-c2nc3ccc4ccc(-c5cccc(-c6nc7ccccc7o6)c5)cc4c3[se]2)cc1. The summed E-state index contributed by atoms with van der Waals surface area (Å²) < 4.78 is 8.56. The summed E-state index contributed by atoms with van der Waals surface area (Å²) >= 11 is 0.175. The normalized spacial score (nSPS) is 11.5. The van der Waals surface area contributed by atoms with Gasteiger partial charge in [0.2, 0.25) is 0 Å². The van der Waals surface area contributed by atoms with E-state index in [4.69, 9.17) is 9.40 Å². The first-order chi connectivity index (χ1) is 16.8. The molecule has 2 heterocycles. The molecule has 3 nitrogen and oxygen atoms in total. The predicted octanol–water partition coefficient (Wildman–Crippen LogP) is 7.59. The van der Waals surface area contributed by atoms with E-state index in [-0.39, 0.29) is 14.5 Å². The van der Waals surface area contributed by atoms with E-state index in [2.05, 4.69) is 89.9 Å². The van der Waals surface area contributed by atoms with Crippen molar-refractivity contribution in [1.82, 2.24) is 9.97 Å². The Hall–Kier alpha value is -3.98. The zero-order chi connectivity index (χ0) is 22.5. The quantitative estimate of drug-likeness (QED) is 0.234. The number of rotatable bonds is 3. The van der Waals surface area contributed by atoms with E-state index < -0.39 is 0 Å². The van der Waals surface area contributed by atoms with Gasteiger partial charge in [0.15, 0.2) is 0 Å². The van der Waals surface area contributed by atoms with Gasteiger partial charge in [0.1, 0.15) is 0 Å². The zero-order valence-corrected chi connectivity index (χ0v) is 19.8. The third kappa shape index (κ3) is 3.28. The van der Waals surface area contributed by atoms with Gasteiger partial charge in [0.25, 0.3) is 0 Å². The molecule has 0 radical (unpaired) electrons. The molecule has 2 aromatic heterocycles. The summed E-state index contributed by atoms with van der Waals surface area (Å²) in [6, 6.07) is 37.9. The monoisotopic (exact) mass is 502 g/mol. The Labute approximate surface area is 202 Å². The summed E-state index contributed by atoms with van der Waals surface area (Å²) in [7, 11) is 0. The van der Waals surface area contributed by atoms with Crippen molar-refractivity contribution in [1.29, 1.82) is 0 Å². The summed E-state index contributed by atoms with van der Waals surface area (Å²) in [4.78, 5) is 9.65. The first kappa shape index (κ1) is 19.5. The van der Waals surface area contributed by atoms with Crippen LogP contribution in [0.1, 0.15) is 0 Å². The number of benzene rings is 5. The second-order valence-electron chi connectivity index (χ2n) is 8.30. The number of nitrogens with zero attached hydrogens (tertiary/aromatic N) is 2. The minimum atomic E-state index is 0.175. The molecule has 0 spiro atoms. The van der Waals surface area contributed by atoms with E-state index in [1.54, 1.807) is 0 Å². The Bertz CT molecular complexity index is 1780. The van der Waals surface area contributed by atoms with Crippen LogP contribution in [-0.4, -0.2) is 24.5 Å². The molecule has 0 saturated heterocycles. The van der Waals surface area contributed by atoms with Gasteiger partial charge in [-0.3, -0.25) is 0 Å². The molecule has 7 aromatic rings. The molecule has 160 valence electrons. The molecule has 0 atom stereocenters. The van der Waals surface area contributed by atoms with Crippen LogP contribution >= 0.6 is 0 Å². The van der Waals surface area contributed by atoms with Crippen LogP contribution in [0.5, 0.6) is 0 Å². The van der Waals surface area contributed by atoms with Crippen LogP contribution < -0.4 is 0 Å². The fourth-order valence-electron chi connectivity index (χ4n) is 4.42. The Kier molecular flexibility index (Phi) is 4.47. The summed E-state index contributed by atoms with van der Waals surface area (Å²) in [5, 5.41) is 2.54. The molecule has 0 aliphatic rings. The van der Waals surface area contributed by atoms with Gasteiger partial charge in [-0.2, -0.15) is 0 Å². The van der Waals surface area contributed by atoms with Crippen LogP contribution in [0.3, 0.4) is 0 Å². The van der Waals surface area contributed by atoms with Crippen molar-refractivity contribution < 1.29 is 4.42 Å². The maximum atomic E-state index is 6.01. The molecule has 0 N–H and O–H groups in total. The van der Waals surface area contributed by atoms with Crippen molar-refractivity contribution in [2.45, 2.75) is 0 Å². The Morgan fingerprint density at radius 1 is 0.559 bits per heavy atom. The zero-order valence-electron chi connectivity index (χ0n) is 18.1. The number of para-hydroxylation sites is 2. The summed E-state index contributed by atoms with van der Waals surface area (Å²) in [5.41, 5.74) is 7.31. The van der Waals surface area contributed by atoms with Crippen molar-refractivity contribution in [3.8, 4) is 32.7 Å². The topological polar surface area (TPSA) is 38.9 Å². The van der Waals surface area contributed by atoms with Crippen molar-refractivity contribution in [3.05, 3.63) is 109 Å². The third-order valence-electron chi connectivity index (χ3n) is 6.13. The fraction of sp³-hybridized carbons (Fsp3) is 0. The molecular weight excluding hydrogens is 483 g/mol. The molecular formula is C30H18N2OSe. The van der Waals surface area contributed by atoms with Crippen LogP contribution in [0, 0.1) is 0 Å². The average molecular weight is 501 g/mol. The number of oxazole rings is 1. The van der Waals surface area contributed by atoms with Gasteiger partial charge in [-0.05, 0) is 0 Å². The second kappa shape index (κ2) is 7.81. The molecule has 7 rings (SSSR count). The minimum absolute atomic E-state index is 0.175. The van der Waals surface area contributed by atoms with Crippen molar-refractivity contribution in [2.75, 3.05) is 0 Å². The molecule has 0 unspecified atom stereocenters. The molecule has 0 amide bonds. The summed E-state index contributed by atoms with van der Waals surface area (Å²) in [6.07, 6.45) is 0. The Morgan fingerprint density at radius 2 is 1.32 bits per heavy atom. The first-order valence-corrected chi connectivity index (χ1v) is 12.9. The van der Waals surface area contributed by atoms with Gasteiger partial charge in [-0.1, -0.05) is 0 Å². The average Bonchev–Trinajstić information content (AvgIpc) is 3.54. The second-order valence-corrected chi connectivity index (χ2v) is 10.4. The molecule has 4 heteroatoms. The van der Waals surface area contributed by atoms with Gasteiger partial charge in [0, 0.05) is 0 Å². The molecule has 34 heavy (non-hydrogen) atoms. The van der Waals surface area contributed by atoms with Crippen LogP contribution in [0.15, 0.2) is 114 Å². The van der Waals surface area contributed by atoms with E-state index >= 15 is 0 Å². The van der Waals surface area contributed by atoms with Gasteiger partial charge in [-0.15, -0.1) is 0 Å². The van der Waals surface area contributed by atoms with Crippen LogP contribution in [-0.2, 0) is 0 Å². The molecule has 0 bridgehead atoms. The summed E-state index contributed by atoms with van der Waals surface area (Å²) in [5.74, 6) is 0.647. The standard InChI is InChI=1S/C30H18N2OSe/c1-2-7-20(8-3-1)30-32-26-16-15-19-13-14-22(18-24(19)28(26)34-30)21-9-6-10-23(17-21)29-31-25-11-4-5-12-27(25)33-29/h1-18H. The first-order valence-electron chi connectivity index (χ1n) is 11.2. The third-order valence-corrected chi connectivity index (χ3v) is 8.55. The van der Waals surface area contributed by atoms with Gasteiger partial charge < -0.3 is 0 Å². The van der Waals surface area contributed by atoms with E-state index in [0.717, 1.165) is 27.7 Å². The molecule has 0 aliphatic carbocycles. The van der Waals surface area contributed by atoms with Crippen LogP contribution in [0.25, 0.3) is 64.4 Å². The number of fused-ring (bicyclic) bond motifs is 4. The van der Waals surface area contributed by atoms with E-state index in [9.17, 15) is 0 Å².